The van der Waals surface area contributed by atoms with E-state index in [1.807, 2.05) is 6.08 Å². The third kappa shape index (κ3) is 4.14. The number of rotatable bonds is 6. The highest BCUT2D eigenvalue weighted by Gasteiger charge is 2.06. The largest absolute Gasteiger partial charge is 0.309 e. The maximum absolute atomic E-state index is 4.41. The summed E-state index contributed by atoms with van der Waals surface area (Å²) in [6, 6.07) is 0.546. The first-order chi connectivity index (χ1) is 7.13. The smallest absolute Gasteiger partial charge is 0.0900 e. The lowest BCUT2D eigenvalue weighted by Crippen LogP contribution is -2.25. The highest BCUT2D eigenvalue weighted by Crippen LogP contribution is 2.16. The van der Waals surface area contributed by atoms with Gasteiger partial charge in [-0.15, -0.1) is 17.9 Å². The number of nitrogens with zero attached hydrogens (tertiary/aromatic N) is 1. The first kappa shape index (κ1) is 12.4. The first-order valence-corrected chi connectivity index (χ1v) is 6.22. The molecule has 1 aromatic rings. The van der Waals surface area contributed by atoms with Crippen molar-refractivity contribution in [2.75, 3.05) is 0 Å². The summed E-state index contributed by atoms with van der Waals surface area (Å²) in [5, 5.41) is 4.67. The van der Waals surface area contributed by atoms with E-state index < -0.39 is 0 Å². The summed E-state index contributed by atoms with van der Waals surface area (Å²) in [6.07, 6.45) is 4.20. The fourth-order valence-electron chi connectivity index (χ4n) is 1.47. The Bertz CT molecular complexity index is 317. The minimum absolute atomic E-state index is 0.546. The van der Waals surface area contributed by atoms with E-state index in [2.05, 4.69) is 37.7 Å². The van der Waals surface area contributed by atoms with Crippen molar-refractivity contribution in [3.05, 3.63) is 28.2 Å². The first-order valence-electron chi connectivity index (χ1n) is 5.40. The highest BCUT2D eigenvalue weighted by atomic mass is 32.1. The standard InChI is InChI=1S/C12H20N2S/c1-5-6-7-9(2)13-8-12-10(3)14-11(4)15-12/h5,9,13H,1,6-8H2,2-4H3. The number of aryl methyl sites for hydroxylation is 2. The summed E-state index contributed by atoms with van der Waals surface area (Å²) < 4.78 is 0. The van der Waals surface area contributed by atoms with Gasteiger partial charge in [0, 0.05) is 17.5 Å². The minimum Gasteiger partial charge on any atom is -0.309 e. The van der Waals surface area contributed by atoms with Crippen molar-refractivity contribution in [3.8, 4) is 0 Å². The summed E-state index contributed by atoms with van der Waals surface area (Å²) in [4.78, 5) is 5.77. The van der Waals surface area contributed by atoms with Gasteiger partial charge in [-0.05, 0) is 33.6 Å². The lowest BCUT2D eigenvalue weighted by atomic mass is 10.2. The van der Waals surface area contributed by atoms with Crippen molar-refractivity contribution in [1.29, 1.82) is 0 Å². The zero-order valence-corrected chi connectivity index (χ0v) is 10.7. The SMILES string of the molecule is C=CCCC(C)NCc1sc(C)nc1C. The van der Waals surface area contributed by atoms with Gasteiger partial charge in [0.15, 0.2) is 0 Å². The van der Waals surface area contributed by atoms with Crippen LogP contribution >= 0.6 is 11.3 Å². The van der Waals surface area contributed by atoms with Crippen LogP contribution in [0.2, 0.25) is 0 Å². The van der Waals surface area contributed by atoms with Gasteiger partial charge in [0.25, 0.3) is 0 Å². The lowest BCUT2D eigenvalue weighted by Gasteiger charge is -2.11. The molecule has 0 aliphatic carbocycles. The van der Waals surface area contributed by atoms with E-state index >= 15 is 0 Å². The average molecular weight is 224 g/mol. The van der Waals surface area contributed by atoms with E-state index in [-0.39, 0.29) is 0 Å². The van der Waals surface area contributed by atoms with E-state index in [0.29, 0.717) is 6.04 Å². The van der Waals surface area contributed by atoms with Crippen LogP contribution in [0.4, 0.5) is 0 Å². The van der Waals surface area contributed by atoms with Gasteiger partial charge in [-0.1, -0.05) is 6.08 Å². The normalized spacial score (nSPS) is 12.7. The number of hydrogen-bond acceptors (Lipinski definition) is 3. The van der Waals surface area contributed by atoms with Crippen molar-refractivity contribution in [2.45, 2.75) is 46.2 Å². The third-order valence-electron chi connectivity index (χ3n) is 2.41. The third-order valence-corrected chi connectivity index (χ3v) is 3.49. The van der Waals surface area contributed by atoms with Gasteiger partial charge in [0.05, 0.1) is 10.7 Å². The van der Waals surface area contributed by atoms with Crippen LogP contribution in [0.5, 0.6) is 0 Å². The zero-order chi connectivity index (χ0) is 11.3. The molecule has 2 nitrogen and oxygen atoms in total. The van der Waals surface area contributed by atoms with Crippen LogP contribution in [-0.4, -0.2) is 11.0 Å². The summed E-state index contributed by atoms with van der Waals surface area (Å²) >= 11 is 1.79. The summed E-state index contributed by atoms with van der Waals surface area (Å²) in [7, 11) is 0. The number of nitrogens with one attached hydrogen (secondary N) is 1. The van der Waals surface area contributed by atoms with Crippen molar-refractivity contribution >= 4 is 11.3 Å². The van der Waals surface area contributed by atoms with E-state index in [9.17, 15) is 0 Å². The predicted octanol–water partition coefficient (Wildman–Crippen LogP) is 3.20. The Morgan fingerprint density at radius 3 is 2.80 bits per heavy atom. The van der Waals surface area contributed by atoms with E-state index in [0.717, 1.165) is 24.4 Å². The van der Waals surface area contributed by atoms with Crippen LogP contribution in [0.15, 0.2) is 12.7 Å². The van der Waals surface area contributed by atoms with E-state index in [1.54, 1.807) is 11.3 Å². The Kier molecular flexibility index (Phi) is 4.99. The summed E-state index contributed by atoms with van der Waals surface area (Å²) in [5.74, 6) is 0. The topological polar surface area (TPSA) is 24.9 Å². The second-order valence-electron chi connectivity index (χ2n) is 3.89. The molecular formula is C12H20N2S. The molecule has 0 radical (unpaired) electrons. The number of aromatic nitrogens is 1. The minimum atomic E-state index is 0.546. The molecule has 15 heavy (non-hydrogen) atoms. The Labute approximate surface area is 96.4 Å². The quantitative estimate of drug-likeness (QED) is 0.751. The second-order valence-corrected chi connectivity index (χ2v) is 5.18. The fraction of sp³-hybridized carbons (Fsp3) is 0.583. The maximum atomic E-state index is 4.41. The van der Waals surface area contributed by atoms with Gasteiger partial charge in [-0.3, -0.25) is 0 Å². The van der Waals surface area contributed by atoms with Crippen molar-refractivity contribution in [2.24, 2.45) is 0 Å². The molecule has 1 heterocycles. The molecule has 0 amide bonds. The second kappa shape index (κ2) is 6.03. The summed E-state index contributed by atoms with van der Waals surface area (Å²) in [6.45, 7) is 11.0. The average Bonchev–Trinajstić information content (AvgIpc) is 2.51. The zero-order valence-electron chi connectivity index (χ0n) is 9.84. The molecule has 0 saturated heterocycles. The predicted molar refractivity (Wildman–Crippen MR) is 67.3 cm³/mol. The molecule has 0 aliphatic rings. The van der Waals surface area contributed by atoms with Crippen LogP contribution in [0, 0.1) is 13.8 Å². The Morgan fingerprint density at radius 2 is 2.27 bits per heavy atom. The molecular weight excluding hydrogens is 204 g/mol. The van der Waals surface area contributed by atoms with Gasteiger partial charge in [-0.25, -0.2) is 4.98 Å². The Hall–Kier alpha value is -0.670. The molecule has 0 aromatic carbocycles. The van der Waals surface area contributed by atoms with E-state index in [1.165, 1.54) is 10.6 Å². The summed E-state index contributed by atoms with van der Waals surface area (Å²) in [5.41, 5.74) is 1.17. The van der Waals surface area contributed by atoms with E-state index in [4.69, 9.17) is 0 Å². The lowest BCUT2D eigenvalue weighted by molar-refractivity contribution is 0.520. The van der Waals surface area contributed by atoms with Gasteiger partial charge in [-0.2, -0.15) is 0 Å². The van der Waals surface area contributed by atoms with Crippen LogP contribution in [-0.2, 0) is 6.54 Å². The number of hydrogen-bond donors (Lipinski definition) is 1. The molecule has 3 heteroatoms. The number of thiazole rings is 1. The van der Waals surface area contributed by atoms with Crippen LogP contribution in [0.3, 0.4) is 0 Å². The molecule has 1 rings (SSSR count). The molecule has 0 aliphatic heterocycles. The Morgan fingerprint density at radius 1 is 1.53 bits per heavy atom. The van der Waals surface area contributed by atoms with Crippen molar-refractivity contribution in [3.63, 3.8) is 0 Å². The van der Waals surface area contributed by atoms with Crippen LogP contribution in [0.1, 0.15) is 35.3 Å². The molecule has 0 bridgehead atoms. The molecule has 0 fully saturated rings. The molecule has 1 N–H and O–H groups in total. The van der Waals surface area contributed by atoms with Gasteiger partial charge < -0.3 is 5.32 Å². The van der Waals surface area contributed by atoms with Crippen molar-refractivity contribution in [1.82, 2.24) is 10.3 Å². The fourth-order valence-corrected chi connectivity index (χ4v) is 2.36. The van der Waals surface area contributed by atoms with Gasteiger partial charge in [0.2, 0.25) is 0 Å². The molecule has 0 spiro atoms. The van der Waals surface area contributed by atoms with Crippen LogP contribution in [0.25, 0.3) is 0 Å². The monoisotopic (exact) mass is 224 g/mol. The molecule has 1 unspecified atom stereocenters. The molecule has 84 valence electrons. The molecule has 0 saturated carbocycles. The maximum Gasteiger partial charge on any atom is 0.0900 e. The molecule has 1 aromatic heterocycles. The molecule has 1 atom stereocenters. The number of allylic oxidation sites excluding steroid dienone is 1. The Balaban J connectivity index is 2.36. The van der Waals surface area contributed by atoms with Crippen molar-refractivity contribution < 1.29 is 0 Å². The van der Waals surface area contributed by atoms with Crippen LogP contribution < -0.4 is 5.32 Å². The van der Waals surface area contributed by atoms with Gasteiger partial charge in [0.1, 0.15) is 0 Å². The highest BCUT2D eigenvalue weighted by molar-refractivity contribution is 7.11. The van der Waals surface area contributed by atoms with Gasteiger partial charge >= 0.3 is 0 Å².